The minimum atomic E-state index is -0.797. The van der Waals surface area contributed by atoms with Gasteiger partial charge in [0.2, 0.25) is 11.8 Å². The van der Waals surface area contributed by atoms with Gasteiger partial charge in [0.1, 0.15) is 0 Å². The van der Waals surface area contributed by atoms with E-state index in [-0.39, 0.29) is 40.1 Å². The van der Waals surface area contributed by atoms with Gasteiger partial charge in [0.25, 0.3) is 0 Å². The van der Waals surface area contributed by atoms with Crippen LogP contribution in [0.3, 0.4) is 0 Å². The molecule has 4 amide bonds. The van der Waals surface area contributed by atoms with Crippen molar-refractivity contribution >= 4 is 23.6 Å². The molecule has 1 heterocycles. The van der Waals surface area contributed by atoms with Gasteiger partial charge in [-0.15, -0.1) is 0 Å². The van der Waals surface area contributed by atoms with Crippen LogP contribution in [0.15, 0.2) is 0 Å². The van der Waals surface area contributed by atoms with Crippen LogP contribution in [-0.2, 0) is 51.9 Å². The zero-order valence-corrected chi connectivity index (χ0v) is 11.4. The van der Waals surface area contributed by atoms with Crippen LogP contribution in [0.1, 0.15) is 12.8 Å². The minimum absolute atomic E-state index is 0. The number of imide groups is 2. The number of hydrogen-bond acceptors (Lipinski definition) is 4. The number of carbonyl (C=O) groups is 4. The Morgan fingerprint density at radius 2 is 1.33 bits per heavy atom. The third-order valence-electron chi connectivity index (χ3n) is 1.60. The first kappa shape index (κ1) is 16.8. The topological polar surface area (TPSA) is 85.6 Å². The van der Waals surface area contributed by atoms with E-state index in [1.807, 2.05) is 0 Å². The van der Waals surface area contributed by atoms with E-state index in [1.165, 1.54) is 7.05 Å². The van der Waals surface area contributed by atoms with E-state index in [9.17, 15) is 19.2 Å². The fraction of sp³-hybridized carbons (Fsp3) is 0.375. The number of amides is 4. The van der Waals surface area contributed by atoms with Crippen LogP contribution in [0.5, 0.6) is 0 Å². The summed E-state index contributed by atoms with van der Waals surface area (Å²) in [6.45, 7) is 0. The Balaban J connectivity index is 0. The molecule has 1 aliphatic rings. The van der Waals surface area contributed by atoms with Gasteiger partial charge in [-0.25, -0.2) is 0 Å². The van der Waals surface area contributed by atoms with Crippen molar-refractivity contribution in [1.29, 1.82) is 0 Å². The van der Waals surface area contributed by atoms with Crippen molar-refractivity contribution in [2.45, 2.75) is 12.8 Å². The van der Waals surface area contributed by atoms with Crippen LogP contribution in [0.2, 0.25) is 0 Å². The molecule has 0 spiro atoms. The van der Waals surface area contributed by atoms with E-state index < -0.39 is 36.5 Å². The maximum absolute atomic E-state index is 11.0. The molecular weight excluding hydrogens is 277 g/mol. The van der Waals surface area contributed by atoms with E-state index in [1.54, 1.807) is 0 Å². The molecule has 7 heteroatoms. The van der Waals surface area contributed by atoms with Crippen molar-refractivity contribution in [2.24, 2.45) is 0 Å². The predicted molar refractivity (Wildman–Crippen MR) is 46.8 cm³/mol. The summed E-state index contributed by atoms with van der Waals surface area (Å²) in [5.74, 6) is -2.86. The second-order valence-corrected chi connectivity index (χ2v) is 2.60. The Hall–Kier alpha value is -0.616. The number of carbonyl (C=O) groups excluding carboxylic acids is 4. The van der Waals surface area contributed by atoms with Crippen LogP contribution in [0.4, 0.5) is 0 Å². The molecule has 1 rings (SSSR count). The summed E-state index contributed by atoms with van der Waals surface area (Å²) >= 11 is 0. The predicted octanol–water partition coefficient (Wildman–Crippen LogP) is -0.360. The van der Waals surface area contributed by atoms with Gasteiger partial charge in [-0.3, -0.25) is 14.5 Å². The zero-order chi connectivity index (χ0) is 10.0. The van der Waals surface area contributed by atoms with Crippen molar-refractivity contribution in [3.63, 3.8) is 0 Å². The van der Waals surface area contributed by atoms with E-state index in [0.29, 0.717) is 0 Å². The number of hydrogen-bond donors (Lipinski definition) is 0. The molecule has 1 saturated heterocycles. The summed E-state index contributed by atoms with van der Waals surface area (Å²) in [5, 5.41) is 3.03. The van der Waals surface area contributed by atoms with Gasteiger partial charge in [0.15, 0.2) is 0 Å². The Morgan fingerprint density at radius 3 is 1.67 bits per heavy atom. The summed E-state index contributed by atoms with van der Waals surface area (Å²) in [5.41, 5.74) is 0. The van der Waals surface area contributed by atoms with E-state index >= 15 is 0 Å². The van der Waals surface area contributed by atoms with Crippen LogP contribution in [-0.4, -0.2) is 35.6 Å². The Bertz CT molecular complexity index is 275. The molecule has 0 aromatic rings. The van der Waals surface area contributed by atoms with Crippen molar-refractivity contribution in [3.8, 4) is 0 Å². The van der Waals surface area contributed by atoms with Crippen LogP contribution in [0, 0.1) is 7.43 Å². The fourth-order valence-electron chi connectivity index (χ4n) is 0.853. The number of nitrogens with zero attached hydrogens (tertiary/aromatic N) is 2. The largest absolute Gasteiger partial charge is 0.595 e. The van der Waals surface area contributed by atoms with Crippen LogP contribution in [0.25, 0.3) is 5.32 Å². The maximum Gasteiger partial charge on any atom is 0.234 e. The van der Waals surface area contributed by atoms with Crippen molar-refractivity contribution in [3.05, 3.63) is 12.7 Å². The van der Waals surface area contributed by atoms with Gasteiger partial charge < -0.3 is 22.3 Å². The first-order chi connectivity index (χ1) is 6.00. The van der Waals surface area contributed by atoms with Crippen LogP contribution < -0.4 is 0 Å². The van der Waals surface area contributed by atoms with Crippen LogP contribution >= 0.6 is 0 Å². The quantitative estimate of drug-likeness (QED) is 0.346. The molecule has 6 nitrogen and oxygen atoms in total. The molecule has 15 heavy (non-hydrogen) atoms. The smallest absolute Gasteiger partial charge is 0.234 e. The molecule has 0 N–H and O–H groups in total. The van der Waals surface area contributed by atoms with Crippen molar-refractivity contribution in [1.82, 2.24) is 4.90 Å². The van der Waals surface area contributed by atoms with Gasteiger partial charge in [-0.2, -0.15) is 0 Å². The van der Waals surface area contributed by atoms with Crippen molar-refractivity contribution < 1.29 is 51.9 Å². The van der Waals surface area contributed by atoms with Gasteiger partial charge >= 0.3 is 0 Å². The average molecular weight is 287 g/mol. The Labute approximate surface area is 113 Å². The second kappa shape index (κ2) is 6.79. The molecule has 1 fully saturated rings. The summed E-state index contributed by atoms with van der Waals surface area (Å²) in [6.07, 6.45) is -1.04. The summed E-state index contributed by atoms with van der Waals surface area (Å²) in [6, 6.07) is 0. The summed E-state index contributed by atoms with van der Waals surface area (Å²) < 4.78 is 0. The first-order valence-electron chi connectivity index (χ1n) is 3.57. The Morgan fingerprint density at radius 1 is 1.00 bits per heavy atom. The molecule has 0 saturated carbocycles. The minimum Gasteiger partial charge on any atom is -0.595 e. The molecule has 0 unspecified atom stereocenters. The molecule has 1 radical (unpaired) electrons. The fourth-order valence-corrected chi connectivity index (χ4v) is 0.853. The molecular formula is C8H10N2O4Y-2. The van der Waals surface area contributed by atoms with E-state index in [4.69, 9.17) is 0 Å². The third-order valence-corrected chi connectivity index (χ3v) is 1.60. The molecule has 0 aliphatic carbocycles. The van der Waals surface area contributed by atoms with Crippen molar-refractivity contribution in [2.75, 3.05) is 7.05 Å². The SMILES string of the molecule is CN1C(=O)CC(=O)[N-]C(=O)CC1=O.[CH3-].[Y]. The zero-order valence-electron chi connectivity index (χ0n) is 8.52. The number of rotatable bonds is 0. The summed E-state index contributed by atoms with van der Waals surface area (Å²) in [7, 11) is 1.23. The Kier molecular flexibility index (Phi) is 7.61. The maximum atomic E-state index is 11.0. The third kappa shape index (κ3) is 4.62. The van der Waals surface area contributed by atoms with Gasteiger partial charge in [-0.1, -0.05) is 0 Å². The average Bonchev–Trinajstić information content (AvgIpc) is 2.00. The monoisotopic (exact) mass is 287 g/mol. The van der Waals surface area contributed by atoms with Gasteiger partial charge in [-0.05, 0) is 0 Å². The molecule has 0 aromatic carbocycles. The molecule has 0 atom stereocenters. The second-order valence-electron chi connectivity index (χ2n) is 2.60. The van der Waals surface area contributed by atoms with Gasteiger partial charge in [0, 0.05) is 39.8 Å². The first-order valence-corrected chi connectivity index (χ1v) is 3.57. The van der Waals surface area contributed by atoms with E-state index in [0.717, 1.165) is 4.90 Å². The molecule has 1 aliphatic heterocycles. The standard InChI is InChI=1S/C7H8N2O4.CH3.Y/c1-9-6(12)2-4(10)8-5(11)3-7(9)13;;/h2-3H2,1H3,(H,8,10,11);1H3;/q;-1;/p-1. The normalized spacial score (nSPS) is 17.0. The molecule has 81 valence electrons. The van der Waals surface area contributed by atoms with E-state index in [2.05, 4.69) is 5.32 Å². The molecule has 0 bridgehead atoms. The summed E-state index contributed by atoms with van der Waals surface area (Å²) in [4.78, 5) is 44.3. The van der Waals surface area contributed by atoms with Gasteiger partial charge in [0.05, 0.1) is 24.7 Å². The molecule has 0 aromatic heterocycles.